The third-order valence-electron chi connectivity index (χ3n) is 4.59. The number of rotatable bonds is 6. The zero-order valence-electron chi connectivity index (χ0n) is 15.7. The fraction of sp³-hybridized carbons (Fsp3) is 0.143. The van der Waals surface area contributed by atoms with Crippen LogP contribution in [-0.2, 0) is 11.3 Å². The van der Waals surface area contributed by atoms with E-state index in [0.29, 0.717) is 35.4 Å². The number of aromatic nitrogens is 4. The first-order valence-electron chi connectivity index (χ1n) is 9.26. The van der Waals surface area contributed by atoms with Crippen LogP contribution in [0.5, 0.6) is 0 Å². The van der Waals surface area contributed by atoms with E-state index in [0.717, 1.165) is 5.69 Å². The topological polar surface area (TPSA) is 108 Å². The number of aryl methyl sites for hydroxylation is 1. The molecule has 0 fully saturated rings. The maximum atomic E-state index is 12.7. The van der Waals surface area contributed by atoms with Crippen molar-refractivity contribution in [3.05, 3.63) is 77.5 Å². The van der Waals surface area contributed by atoms with Gasteiger partial charge in [-0.2, -0.15) is 5.10 Å². The van der Waals surface area contributed by atoms with Crippen LogP contribution in [0.1, 0.15) is 12.8 Å². The van der Waals surface area contributed by atoms with Crippen LogP contribution < -0.4 is 16.6 Å². The number of carbonyl (C=O) groups excluding carboxylic acids is 1. The van der Waals surface area contributed by atoms with Gasteiger partial charge in [-0.25, -0.2) is 9.67 Å². The van der Waals surface area contributed by atoms with Gasteiger partial charge in [0.15, 0.2) is 5.65 Å². The molecule has 0 saturated carbocycles. The number of hydrogen-bond donors (Lipinski definition) is 2. The van der Waals surface area contributed by atoms with Crippen molar-refractivity contribution in [1.29, 1.82) is 0 Å². The first-order chi connectivity index (χ1) is 14.1. The summed E-state index contributed by atoms with van der Waals surface area (Å²) in [5, 5.41) is 7.52. The summed E-state index contributed by atoms with van der Waals surface area (Å²) in [4.78, 5) is 29.3. The number of nitrogens with two attached hydrogens (primary N) is 1. The van der Waals surface area contributed by atoms with E-state index in [1.165, 1.54) is 17.1 Å². The summed E-state index contributed by atoms with van der Waals surface area (Å²) < 4.78 is 3.14. The first-order valence-corrected chi connectivity index (χ1v) is 9.26. The quantitative estimate of drug-likeness (QED) is 0.494. The molecule has 8 nitrogen and oxygen atoms in total. The molecule has 1 amide bonds. The molecule has 0 atom stereocenters. The van der Waals surface area contributed by atoms with Crippen molar-refractivity contribution < 1.29 is 4.79 Å². The summed E-state index contributed by atoms with van der Waals surface area (Å²) >= 11 is 0. The number of amides is 1. The number of hydrogen-bond acceptors (Lipinski definition) is 5. The lowest BCUT2D eigenvalue weighted by molar-refractivity contribution is -0.116. The van der Waals surface area contributed by atoms with Gasteiger partial charge in [-0.05, 0) is 30.7 Å². The SMILES string of the molecule is Nc1ccccc1NC(=O)CCCn1cnc2c(cnn2-c2ccccc2)c1=O. The smallest absolute Gasteiger partial charge is 0.264 e. The van der Waals surface area contributed by atoms with Gasteiger partial charge >= 0.3 is 0 Å². The lowest BCUT2D eigenvalue weighted by atomic mass is 10.2. The number of anilines is 2. The van der Waals surface area contributed by atoms with Crippen LogP contribution in [0, 0.1) is 0 Å². The Balaban J connectivity index is 1.44. The summed E-state index contributed by atoms with van der Waals surface area (Å²) in [6, 6.07) is 16.6. The number of nitrogens with one attached hydrogen (secondary N) is 1. The Morgan fingerprint density at radius 1 is 1.07 bits per heavy atom. The molecule has 0 bridgehead atoms. The van der Waals surface area contributed by atoms with Crippen molar-refractivity contribution in [1.82, 2.24) is 19.3 Å². The molecule has 0 spiro atoms. The minimum absolute atomic E-state index is 0.151. The Kier molecular flexibility index (Phi) is 5.07. The van der Waals surface area contributed by atoms with Gasteiger partial charge in [0.25, 0.3) is 5.56 Å². The van der Waals surface area contributed by atoms with E-state index in [-0.39, 0.29) is 17.9 Å². The van der Waals surface area contributed by atoms with Crippen molar-refractivity contribution in [2.24, 2.45) is 0 Å². The highest BCUT2D eigenvalue weighted by Crippen LogP contribution is 2.17. The Morgan fingerprint density at radius 2 is 1.83 bits per heavy atom. The molecule has 2 aromatic heterocycles. The van der Waals surface area contributed by atoms with Gasteiger partial charge in [0.1, 0.15) is 5.39 Å². The molecule has 0 aliphatic heterocycles. The van der Waals surface area contributed by atoms with E-state index in [2.05, 4.69) is 15.4 Å². The molecule has 0 saturated heterocycles. The van der Waals surface area contributed by atoms with E-state index in [9.17, 15) is 9.59 Å². The average Bonchev–Trinajstić information content (AvgIpc) is 3.17. The van der Waals surface area contributed by atoms with Crippen molar-refractivity contribution in [2.45, 2.75) is 19.4 Å². The molecule has 4 aromatic rings. The maximum Gasteiger partial charge on any atom is 0.264 e. The average molecular weight is 388 g/mol. The first kappa shape index (κ1) is 18.4. The van der Waals surface area contributed by atoms with Gasteiger partial charge in [-0.1, -0.05) is 30.3 Å². The summed E-state index contributed by atoms with van der Waals surface area (Å²) in [5.41, 5.74) is 8.10. The molecule has 4 rings (SSSR count). The molecule has 29 heavy (non-hydrogen) atoms. The van der Waals surface area contributed by atoms with Crippen molar-refractivity contribution >= 4 is 28.3 Å². The minimum atomic E-state index is -0.176. The zero-order chi connectivity index (χ0) is 20.2. The summed E-state index contributed by atoms with van der Waals surface area (Å²) in [6.45, 7) is 0.385. The monoisotopic (exact) mass is 388 g/mol. The number of carbonyl (C=O) groups is 1. The van der Waals surface area contributed by atoms with Crippen LogP contribution in [0.15, 0.2) is 71.9 Å². The maximum absolute atomic E-state index is 12.7. The molecule has 146 valence electrons. The van der Waals surface area contributed by atoms with Crippen molar-refractivity contribution in [3.63, 3.8) is 0 Å². The minimum Gasteiger partial charge on any atom is -0.397 e. The van der Waals surface area contributed by atoms with Gasteiger partial charge in [0.05, 0.1) is 29.6 Å². The molecular formula is C21H20N6O2. The summed E-state index contributed by atoms with van der Waals surface area (Å²) in [7, 11) is 0. The molecule has 0 radical (unpaired) electrons. The molecule has 0 aliphatic rings. The number of para-hydroxylation sites is 3. The fourth-order valence-corrected chi connectivity index (χ4v) is 3.10. The second-order valence-electron chi connectivity index (χ2n) is 6.61. The Morgan fingerprint density at radius 3 is 2.62 bits per heavy atom. The zero-order valence-corrected chi connectivity index (χ0v) is 15.7. The Hall–Kier alpha value is -3.94. The second kappa shape index (κ2) is 7.97. The lowest BCUT2D eigenvalue weighted by Gasteiger charge is -2.09. The van der Waals surface area contributed by atoms with Gasteiger partial charge in [-0.15, -0.1) is 0 Å². The van der Waals surface area contributed by atoms with Crippen LogP contribution in [0.2, 0.25) is 0 Å². The largest absolute Gasteiger partial charge is 0.397 e. The predicted molar refractivity (Wildman–Crippen MR) is 112 cm³/mol. The van der Waals surface area contributed by atoms with Crippen molar-refractivity contribution in [3.8, 4) is 5.69 Å². The summed E-state index contributed by atoms with van der Waals surface area (Å²) in [6.07, 6.45) is 3.79. The molecule has 0 aliphatic carbocycles. The van der Waals surface area contributed by atoms with Gasteiger partial charge in [0, 0.05) is 13.0 Å². The molecule has 8 heteroatoms. The van der Waals surface area contributed by atoms with E-state index in [1.807, 2.05) is 36.4 Å². The number of nitrogen functional groups attached to an aromatic ring is 1. The number of fused-ring (bicyclic) bond motifs is 1. The standard InChI is InChI=1S/C21H20N6O2/c22-17-9-4-5-10-18(17)25-19(28)11-6-12-26-14-23-20-16(21(26)29)13-24-27(20)15-7-2-1-3-8-15/h1-5,7-10,13-14H,6,11-12,22H2,(H,25,28). The number of benzene rings is 2. The third-order valence-corrected chi connectivity index (χ3v) is 4.59. The highest BCUT2D eigenvalue weighted by atomic mass is 16.1. The molecule has 0 unspecified atom stereocenters. The van der Waals surface area contributed by atoms with E-state index >= 15 is 0 Å². The highest BCUT2D eigenvalue weighted by molar-refractivity contribution is 5.93. The lowest BCUT2D eigenvalue weighted by Crippen LogP contribution is -2.21. The van der Waals surface area contributed by atoms with E-state index in [4.69, 9.17) is 5.73 Å². The van der Waals surface area contributed by atoms with Crippen molar-refractivity contribution in [2.75, 3.05) is 11.1 Å². The summed E-state index contributed by atoms with van der Waals surface area (Å²) in [5.74, 6) is -0.151. The molecule has 2 heterocycles. The molecule has 2 aromatic carbocycles. The van der Waals surface area contributed by atoms with Crippen LogP contribution in [0.25, 0.3) is 16.7 Å². The predicted octanol–water partition coefficient (Wildman–Crippen LogP) is 2.58. The fourth-order valence-electron chi connectivity index (χ4n) is 3.10. The second-order valence-corrected chi connectivity index (χ2v) is 6.61. The molecular weight excluding hydrogens is 368 g/mol. The van der Waals surface area contributed by atoms with Crippen LogP contribution in [0.3, 0.4) is 0 Å². The Labute approximate surface area is 166 Å². The van der Waals surface area contributed by atoms with E-state index in [1.54, 1.807) is 22.9 Å². The van der Waals surface area contributed by atoms with Crippen LogP contribution in [-0.4, -0.2) is 25.2 Å². The normalized spacial score (nSPS) is 10.9. The Bertz CT molecular complexity index is 1210. The van der Waals surface area contributed by atoms with Crippen LogP contribution in [0.4, 0.5) is 11.4 Å². The van der Waals surface area contributed by atoms with Crippen LogP contribution >= 0.6 is 0 Å². The highest BCUT2D eigenvalue weighted by Gasteiger charge is 2.12. The van der Waals surface area contributed by atoms with E-state index < -0.39 is 0 Å². The third kappa shape index (κ3) is 3.86. The van der Waals surface area contributed by atoms with Gasteiger partial charge < -0.3 is 11.1 Å². The number of nitrogens with zero attached hydrogens (tertiary/aromatic N) is 4. The van der Waals surface area contributed by atoms with Gasteiger partial charge in [0.2, 0.25) is 5.91 Å². The van der Waals surface area contributed by atoms with Gasteiger partial charge in [-0.3, -0.25) is 14.2 Å². The molecule has 3 N–H and O–H groups in total.